The summed E-state index contributed by atoms with van der Waals surface area (Å²) in [6.07, 6.45) is 0.955. The van der Waals surface area contributed by atoms with Crippen molar-refractivity contribution in [2.24, 2.45) is 0 Å². The second-order valence-electron chi connectivity index (χ2n) is 6.00. The lowest BCUT2D eigenvalue weighted by molar-refractivity contribution is -0.125. The summed E-state index contributed by atoms with van der Waals surface area (Å²) in [4.78, 5) is 23.1. The highest BCUT2D eigenvalue weighted by Gasteiger charge is 2.13. The third kappa shape index (κ3) is 3.99. The number of thioether (sulfide) groups is 1. The Morgan fingerprint density at radius 1 is 1.08 bits per heavy atom. The standard InChI is InChI=1S/C20H21N3OS/c1-4-14-10-11-17-16(12-14)20(25-13-18(24)23(2)3)22-19(21-17)15-8-6-5-7-9-15/h5-12H,4,13H2,1-3H3. The highest BCUT2D eigenvalue weighted by Crippen LogP contribution is 2.29. The minimum Gasteiger partial charge on any atom is -0.348 e. The van der Waals surface area contributed by atoms with E-state index in [2.05, 4.69) is 19.1 Å². The SMILES string of the molecule is CCc1ccc2nc(-c3ccccc3)nc(SCC(=O)N(C)C)c2c1. The number of amides is 1. The number of hydrogen-bond donors (Lipinski definition) is 0. The number of carbonyl (C=O) groups is 1. The molecule has 4 nitrogen and oxygen atoms in total. The van der Waals surface area contributed by atoms with Gasteiger partial charge in [0.1, 0.15) is 5.03 Å². The van der Waals surface area contributed by atoms with Gasteiger partial charge in [-0.05, 0) is 24.1 Å². The van der Waals surface area contributed by atoms with Crippen LogP contribution in [0.1, 0.15) is 12.5 Å². The Bertz CT molecular complexity index is 894. The fraction of sp³-hybridized carbons (Fsp3) is 0.250. The number of hydrogen-bond acceptors (Lipinski definition) is 4. The summed E-state index contributed by atoms with van der Waals surface area (Å²) in [5.74, 6) is 1.13. The van der Waals surface area contributed by atoms with Gasteiger partial charge in [0.25, 0.3) is 0 Å². The molecule has 128 valence electrons. The predicted molar refractivity (Wildman–Crippen MR) is 104 cm³/mol. The van der Waals surface area contributed by atoms with Crippen molar-refractivity contribution in [1.82, 2.24) is 14.9 Å². The number of rotatable bonds is 5. The molecule has 0 saturated carbocycles. The fourth-order valence-corrected chi connectivity index (χ4v) is 3.44. The smallest absolute Gasteiger partial charge is 0.232 e. The maximum atomic E-state index is 12.0. The average Bonchev–Trinajstić information content (AvgIpc) is 2.65. The Labute approximate surface area is 152 Å². The molecular weight excluding hydrogens is 330 g/mol. The topological polar surface area (TPSA) is 46.1 Å². The Balaban J connectivity index is 2.07. The van der Waals surface area contributed by atoms with Crippen LogP contribution in [0.5, 0.6) is 0 Å². The normalized spacial score (nSPS) is 10.8. The lowest BCUT2D eigenvalue weighted by Gasteiger charge is -2.12. The summed E-state index contributed by atoms with van der Waals surface area (Å²) in [6.45, 7) is 2.13. The van der Waals surface area contributed by atoms with Gasteiger partial charge >= 0.3 is 0 Å². The second-order valence-corrected chi connectivity index (χ2v) is 6.96. The molecule has 0 unspecified atom stereocenters. The quantitative estimate of drug-likeness (QED) is 0.514. The van der Waals surface area contributed by atoms with Gasteiger partial charge in [-0.2, -0.15) is 0 Å². The Kier molecular flexibility index (Phi) is 5.34. The number of aryl methyl sites for hydroxylation is 1. The molecule has 1 aromatic heterocycles. The molecule has 0 atom stereocenters. The van der Waals surface area contributed by atoms with Crippen molar-refractivity contribution < 1.29 is 4.79 Å². The molecule has 1 amide bonds. The maximum absolute atomic E-state index is 12.0. The molecule has 0 bridgehead atoms. The van der Waals surface area contributed by atoms with Crippen molar-refractivity contribution in [3.8, 4) is 11.4 Å². The molecular formula is C20H21N3OS. The maximum Gasteiger partial charge on any atom is 0.232 e. The summed E-state index contributed by atoms with van der Waals surface area (Å²) in [5.41, 5.74) is 3.12. The molecule has 3 aromatic rings. The van der Waals surface area contributed by atoms with Crippen LogP contribution in [-0.2, 0) is 11.2 Å². The first-order chi connectivity index (χ1) is 12.1. The first kappa shape index (κ1) is 17.4. The van der Waals surface area contributed by atoms with Gasteiger partial charge in [-0.1, -0.05) is 55.1 Å². The molecule has 25 heavy (non-hydrogen) atoms. The molecule has 5 heteroatoms. The molecule has 0 aliphatic carbocycles. The van der Waals surface area contributed by atoms with Crippen LogP contribution in [0.15, 0.2) is 53.6 Å². The molecule has 0 radical (unpaired) electrons. The molecule has 0 fully saturated rings. The first-order valence-electron chi connectivity index (χ1n) is 8.27. The molecule has 0 aliphatic rings. The van der Waals surface area contributed by atoms with Crippen LogP contribution >= 0.6 is 11.8 Å². The van der Waals surface area contributed by atoms with Crippen molar-refractivity contribution in [2.75, 3.05) is 19.8 Å². The zero-order valence-electron chi connectivity index (χ0n) is 14.7. The van der Waals surface area contributed by atoms with Crippen molar-refractivity contribution in [3.05, 3.63) is 54.1 Å². The molecule has 0 saturated heterocycles. The van der Waals surface area contributed by atoms with Crippen LogP contribution in [-0.4, -0.2) is 40.6 Å². The highest BCUT2D eigenvalue weighted by atomic mass is 32.2. The Morgan fingerprint density at radius 2 is 1.84 bits per heavy atom. The van der Waals surface area contributed by atoms with E-state index in [0.717, 1.165) is 27.9 Å². The number of carbonyl (C=O) groups excluding carboxylic acids is 1. The molecule has 2 aromatic carbocycles. The molecule has 3 rings (SSSR count). The number of fused-ring (bicyclic) bond motifs is 1. The van der Waals surface area contributed by atoms with E-state index in [-0.39, 0.29) is 5.91 Å². The zero-order chi connectivity index (χ0) is 17.8. The molecule has 0 N–H and O–H groups in total. The first-order valence-corrected chi connectivity index (χ1v) is 9.26. The summed E-state index contributed by atoms with van der Waals surface area (Å²) in [6, 6.07) is 16.2. The molecule has 0 spiro atoms. The minimum absolute atomic E-state index is 0.0738. The molecule has 1 heterocycles. The van der Waals surface area contributed by atoms with E-state index in [1.54, 1.807) is 19.0 Å². The van der Waals surface area contributed by atoms with Gasteiger partial charge in [-0.15, -0.1) is 0 Å². The average molecular weight is 351 g/mol. The van der Waals surface area contributed by atoms with Crippen LogP contribution in [0, 0.1) is 0 Å². The van der Waals surface area contributed by atoms with Crippen LogP contribution in [0.4, 0.5) is 0 Å². The van der Waals surface area contributed by atoms with E-state index in [1.807, 2.05) is 36.4 Å². The van der Waals surface area contributed by atoms with E-state index in [0.29, 0.717) is 11.6 Å². The fourth-order valence-electron chi connectivity index (χ4n) is 2.45. The van der Waals surface area contributed by atoms with E-state index in [1.165, 1.54) is 17.3 Å². The second kappa shape index (κ2) is 7.66. The van der Waals surface area contributed by atoms with Crippen molar-refractivity contribution in [3.63, 3.8) is 0 Å². The summed E-state index contributed by atoms with van der Waals surface area (Å²) < 4.78 is 0. The number of aromatic nitrogens is 2. The van der Waals surface area contributed by atoms with E-state index in [4.69, 9.17) is 9.97 Å². The van der Waals surface area contributed by atoms with Crippen LogP contribution in [0.2, 0.25) is 0 Å². The third-order valence-electron chi connectivity index (χ3n) is 4.00. The Hall–Kier alpha value is -2.40. The lowest BCUT2D eigenvalue weighted by Crippen LogP contribution is -2.23. The Morgan fingerprint density at radius 3 is 2.52 bits per heavy atom. The van der Waals surface area contributed by atoms with Crippen molar-refractivity contribution in [2.45, 2.75) is 18.4 Å². The molecule has 0 aliphatic heterocycles. The zero-order valence-corrected chi connectivity index (χ0v) is 15.5. The van der Waals surface area contributed by atoms with Crippen molar-refractivity contribution >= 4 is 28.6 Å². The minimum atomic E-state index is 0.0738. The van der Waals surface area contributed by atoms with Crippen LogP contribution < -0.4 is 0 Å². The highest BCUT2D eigenvalue weighted by molar-refractivity contribution is 8.00. The van der Waals surface area contributed by atoms with Crippen LogP contribution in [0.3, 0.4) is 0 Å². The van der Waals surface area contributed by atoms with Gasteiger partial charge in [-0.25, -0.2) is 9.97 Å². The summed E-state index contributed by atoms with van der Waals surface area (Å²) >= 11 is 1.47. The van der Waals surface area contributed by atoms with E-state index < -0.39 is 0 Å². The summed E-state index contributed by atoms with van der Waals surface area (Å²) in [7, 11) is 3.54. The van der Waals surface area contributed by atoms with Crippen LogP contribution in [0.25, 0.3) is 22.3 Å². The predicted octanol–water partition coefficient (Wildman–Crippen LogP) is 4.04. The van der Waals surface area contributed by atoms with E-state index in [9.17, 15) is 4.79 Å². The monoisotopic (exact) mass is 351 g/mol. The summed E-state index contributed by atoms with van der Waals surface area (Å²) in [5, 5.41) is 1.87. The largest absolute Gasteiger partial charge is 0.348 e. The van der Waals surface area contributed by atoms with Gasteiger partial charge in [0.05, 0.1) is 11.3 Å². The van der Waals surface area contributed by atoms with Gasteiger partial charge < -0.3 is 4.90 Å². The van der Waals surface area contributed by atoms with Gasteiger partial charge in [0.15, 0.2) is 5.82 Å². The van der Waals surface area contributed by atoms with Gasteiger partial charge in [0, 0.05) is 25.0 Å². The van der Waals surface area contributed by atoms with Crippen molar-refractivity contribution in [1.29, 1.82) is 0 Å². The van der Waals surface area contributed by atoms with E-state index >= 15 is 0 Å². The third-order valence-corrected chi connectivity index (χ3v) is 4.97. The number of nitrogens with zero attached hydrogens (tertiary/aromatic N) is 3. The van der Waals surface area contributed by atoms with Gasteiger partial charge in [-0.3, -0.25) is 4.79 Å². The number of benzene rings is 2. The van der Waals surface area contributed by atoms with Gasteiger partial charge in [0.2, 0.25) is 5.91 Å². The lowest BCUT2D eigenvalue weighted by atomic mass is 10.1.